The van der Waals surface area contributed by atoms with E-state index in [4.69, 9.17) is 27.8 Å². The van der Waals surface area contributed by atoms with Gasteiger partial charge in [0.1, 0.15) is 5.60 Å². The quantitative estimate of drug-likeness (QED) is 0.574. The molecule has 0 heterocycles. The van der Waals surface area contributed by atoms with E-state index in [1.165, 1.54) is 0 Å². The Balaban J connectivity index is 2.63. The number of benzene rings is 1. The molecule has 0 bridgehead atoms. The Hall–Kier alpha value is -1.46. The predicted molar refractivity (Wildman–Crippen MR) is 82.8 cm³/mol. The maximum absolute atomic E-state index is 11.8. The maximum Gasteiger partial charge on any atom is 0.308 e. The summed E-state index contributed by atoms with van der Waals surface area (Å²) in [5.41, 5.74) is 12.1. The Morgan fingerprint density at radius 3 is 2.60 bits per heavy atom. The van der Waals surface area contributed by atoms with Crippen LogP contribution in [0.15, 0.2) is 18.2 Å². The lowest BCUT2D eigenvalue weighted by molar-refractivity contribution is -0.155. The molecular weight excluding hydrogens is 278 g/mol. The molecule has 0 aliphatic heterocycles. The summed E-state index contributed by atoms with van der Waals surface area (Å²) in [5.74, 6) is -0.290. The van der Waals surface area contributed by atoms with Gasteiger partial charge in [0.2, 0.25) is 0 Å². The summed E-state index contributed by atoms with van der Waals surface area (Å²) < 4.78 is 5.27. The van der Waals surface area contributed by atoms with Gasteiger partial charge < -0.3 is 21.5 Å². The minimum atomic E-state index is -0.499. The highest BCUT2D eigenvalue weighted by Gasteiger charge is 2.19. The molecule has 0 aliphatic rings. The molecular formula is C14H22ClN3O2. The molecule has 5 N–H and O–H groups in total. The van der Waals surface area contributed by atoms with Crippen molar-refractivity contribution in [2.24, 2.45) is 5.73 Å². The van der Waals surface area contributed by atoms with E-state index in [1.54, 1.807) is 18.2 Å². The first kappa shape index (κ1) is 16.6. The lowest BCUT2D eigenvalue weighted by Gasteiger charge is -2.23. The smallest absolute Gasteiger partial charge is 0.308 e. The molecule has 6 heteroatoms. The van der Waals surface area contributed by atoms with Crippen LogP contribution >= 0.6 is 11.6 Å². The van der Waals surface area contributed by atoms with Crippen molar-refractivity contribution in [3.63, 3.8) is 0 Å². The topological polar surface area (TPSA) is 90.4 Å². The van der Waals surface area contributed by atoms with E-state index in [9.17, 15) is 4.79 Å². The van der Waals surface area contributed by atoms with Gasteiger partial charge in [0.05, 0.1) is 17.1 Å². The second-order valence-electron chi connectivity index (χ2n) is 5.60. The Bertz CT molecular complexity index is 472. The fourth-order valence-corrected chi connectivity index (χ4v) is 1.81. The van der Waals surface area contributed by atoms with Crippen LogP contribution in [0.25, 0.3) is 0 Å². The van der Waals surface area contributed by atoms with Crippen molar-refractivity contribution in [3.05, 3.63) is 23.2 Å². The average molecular weight is 300 g/mol. The zero-order valence-electron chi connectivity index (χ0n) is 12.1. The minimum absolute atomic E-state index is 0.190. The lowest BCUT2D eigenvalue weighted by Crippen LogP contribution is -2.34. The summed E-state index contributed by atoms with van der Waals surface area (Å²) in [5, 5.41) is 3.61. The standard InChI is InChI=1S/C14H22ClN3O2/c1-14(2,3)20-13(19)7-10(8-16)18-9-4-5-12(17)11(15)6-9/h4-6,10,18H,7-8,16-17H2,1-3H3. The maximum atomic E-state index is 11.8. The average Bonchev–Trinajstić information content (AvgIpc) is 2.30. The number of halogens is 1. The van der Waals surface area contributed by atoms with Gasteiger partial charge in [-0.2, -0.15) is 0 Å². The molecule has 0 spiro atoms. The van der Waals surface area contributed by atoms with Crippen molar-refractivity contribution in [1.82, 2.24) is 0 Å². The van der Waals surface area contributed by atoms with Crippen LogP contribution in [-0.4, -0.2) is 24.2 Å². The van der Waals surface area contributed by atoms with Crippen LogP contribution in [-0.2, 0) is 9.53 Å². The molecule has 1 unspecified atom stereocenters. The summed E-state index contributed by atoms with van der Waals surface area (Å²) in [4.78, 5) is 11.8. The number of esters is 1. The number of nitrogens with one attached hydrogen (secondary N) is 1. The van der Waals surface area contributed by atoms with Crippen LogP contribution in [0.4, 0.5) is 11.4 Å². The third kappa shape index (κ3) is 5.67. The molecule has 1 aromatic rings. The molecule has 0 saturated heterocycles. The van der Waals surface area contributed by atoms with Crippen molar-refractivity contribution in [2.75, 3.05) is 17.6 Å². The predicted octanol–water partition coefficient (Wildman–Crippen LogP) is 2.39. The fraction of sp³-hybridized carbons (Fsp3) is 0.500. The Morgan fingerprint density at radius 1 is 1.45 bits per heavy atom. The molecule has 1 atom stereocenters. The third-order valence-electron chi connectivity index (χ3n) is 2.49. The van der Waals surface area contributed by atoms with Crippen molar-refractivity contribution in [1.29, 1.82) is 0 Å². The molecule has 1 aromatic carbocycles. The lowest BCUT2D eigenvalue weighted by atomic mass is 10.1. The SMILES string of the molecule is CC(C)(C)OC(=O)CC(CN)Nc1ccc(N)c(Cl)c1. The van der Waals surface area contributed by atoms with E-state index in [2.05, 4.69) is 5.32 Å². The third-order valence-corrected chi connectivity index (χ3v) is 2.82. The molecule has 0 aliphatic carbocycles. The van der Waals surface area contributed by atoms with Gasteiger partial charge in [-0.15, -0.1) is 0 Å². The van der Waals surface area contributed by atoms with Crippen LogP contribution in [0.3, 0.4) is 0 Å². The largest absolute Gasteiger partial charge is 0.460 e. The van der Waals surface area contributed by atoms with Gasteiger partial charge in [0, 0.05) is 18.3 Å². The number of carbonyl (C=O) groups is 1. The highest BCUT2D eigenvalue weighted by atomic mass is 35.5. The van der Waals surface area contributed by atoms with Gasteiger partial charge in [-0.3, -0.25) is 4.79 Å². The van der Waals surface area contributed by atoms with Crippen molar-refractivity contribution in [3.8, 4) is 0 Å². The first-order valence-corrected chi connectivity index (χ1v) is 6.82. The zero-order chi connectivity index (χ0) is 15.3. The molecule has 0 fully saturated rings. The second kappa shape index (κ2) is 6.81. The monoisotopic (exact) mass is 299 g/mol. The van der Waals surface area contributed by atoms with E-state index >= 15 is 0 Å². The molecule has 20 heavy (non-hydrogen) atoms. The number of hydrogen-bond acceptors (Lipinski definition) is 5. The van der Waals surface area contributed by atoms with Crippen LogP contribution in [0, 0.1) is 0 Å². The normalized spacial score (nSPS) is 12.8. The van der Waals surface area contributed by atoms with Gasteiger partial charge >= 0.3 is 5.97 Å². The van der Waals surface area contributed by atoms with Gasteiger partial charge in [0.25, 0.3) is 0 Å². The highest BCUT2D eigenvalue weighted by Crippen LogP contribution is 2.23. The summed E-state index contributed by atoms with van der Waals surface area (Å²) in [6, 6.07) is 4.98. The van der Waals surface area contributed by atoms with E-state index < -0.39 is 5.60 Å². The van der Waals surface area contributed by atoms with Gasteiger partial charge in [-0.1, -0.05) is 11.6 Å². The van der Waals surface area contributed by atoms with Crippen molar-refractivity contribution < 1.29 is 9.53 Å². The van der Waals surface area contributed by atoms with Gasteiger partial charge in [-0.05, 0) is 39.0 Å². The highest BCUT2D eigenvalue weighted by molar-refractivity contribution is 6.33. The molecule has 0 radical (unpaired) electrons. The zero-order valence-corrected chi connectivity index (χ0v) is 12.8. The number of carbonyl (C=O) groups excluding carboxylic acids is 1. The van der Waals surface area contributed by atoms with Crippen LogP contribution in [0.2, 0.25) is 5.02 Å². The van der Waals surface area contributed by atoms with E-state index in [0.717, 1.165) is 5.69 Å². The molecule has 0 saturated carbocycles. The number of ether oxygens (including phenoxy) is 1. The summed E-state index contributed by atoms with van der Waals surface area (Å²) in [6.07, 6.45) is 0.190. The number of rotatable bonds is 5. The van der Waals surface area contributed by atoms with Crippen molar-refractivity contribution in [2.45, 2.75) is 38.8 Å². The Morgan fingerprint density at radius 2 is 2.10 bits per heavy atom. The second-order valence-corrected chi connectivity index (χ2v) is 6.01. The van der Waals surface area contributed by atoms with Gasteiger partial charge in [-0.25, -0.2) is 0 Å². The summed E-state index contributed by atoms with van der Waals surface area (Å²) >= 11 is 5.95. The number of nitrogen functional groups attached to an aromatic ring is 1. The summed E-state index contributed by atoms with van der Waals surface area (Å²) in [7, 11) is 0. The molecule has 5 nitrogen and oxygen atoms in total. The van der Waals surface area contributed by atoms with Crippen LogP contribution in [0.1, 0.15) is 27.2 Å². The van der Waals surface area contributed by atoms with E-state index in [0.29, 0.717) is 17.3 Å². The van der Waals surface area contributed by atoms with E-state index in [1.807, 2.05) is 20.8 Å². The Labute approximate surface area is 124 Å². The number of anilines is 2. The fourth-order valence-electron chi connectivity index (χ4n) is 1.63. The first-order chi connectivity index (χ1) is 9.21. The Kier molecular flexibility index (Phi) is 5.65. The van der Waals surface area contributed by atoms with E-state index in [-0.39, 0.29) is 18.4 Å². The molecule has 112 valence electrons. The number of nitrogens with two attached hydrogens (primary N) is 2. The van der Waals surface area contributed by atoms with Crippen molar-refractivity contribution >= 4 is 28.9 Å². The number of hydrogen-bond donors (Lipinski definition) is 3. The van der Waals surface area contributed by atoms with Crippen LogP contribution < -0.4 is 16.8 Å². The molecule has 0 aromatic heterocycles. The first-order valence-electron chi connectivity index (χ1n) is 6.45. The van der Waals surface area contributed by atoms with Gasteiger partial charge in [0.15, 0.2) is 0 Å². The summed E-state index contributed by atoms with van der Waals surface area (Å²) in [6.45, 7) is 5.79. The molecule has 1 rings (SSSR count). The molecule has 0 amide bonds. The van der Waals surface area contributed by atoms with Crippen LogP contribution in [0.5, 0.6) is 0 Å². The minimum Gasteiger partial charge on any atom is -0.460 e.